The molecule has 12 heteroatoms. The summed E-state index contributed by atoms with van der Waals surface area (Å²) in [4.78, 5) is 8.55. The lowest BCUT2D eigenvalue weighted by atomic mass is 10.1. The molecule has 1 saturated heterocycles. The van der Waals surface area contributed by atoms with E-state index in [4.69, 9.17) is 16.3 Å². The van der Waals surface area contributed by atoms with E-state index in [0.29, 0.717) is 34.7 Å². The molecule has 31 heavy (non-hydrogen) atoms. The van der Waals surface area contributed by atoms with E-state index >= 15 is 0 Å². The first-order valence-corrected chi connectivity index (χ1v) is 12.0. The Balaban J connectivity index is 1.66. The molecule has 1 aromatic carbocycles. The molecule has 166 valence electrons. The van der Waals surface area contributed by atoms with Crippen molar-refractivity contribution in [1.82, 2.24) is 19.7 Å². The van der Waals surface area contributed by atoms with E-state index in [2.05, 4.69) is 20.4 Å². The van der Waals surface area contributed by atoms with E-state index in [1.807, 2.05) is 0 Å². The molecule has 0 spiro atoms. The number of anilines is 2. The minimum Gasteiger partial charge on any atom is -0.365 e. The summed E-state index contributed by atoms with van der Waals surface area (Å²) in [5.41, 5.74) is 1.33. The minimum absolute atomic E-state index is 0.0280. The van der Waals surface area contributed by atoms with Gasteiger partial charge < -0.3 is 10.1 Å². The number of fused-ring (bicyclic) bond motifs is 1. The van der Waals surface area contributed by atoms with Crippen molar-refractivity contribution in [2.75, 3.05) is 29.5 Å². The van der Waals surface area contributed by atoms with Crippen LogP contribution >= 0.6 is 11.6 Å². The zero-order valence-electron chi connectivity index (χ0n) is 17.0. The van der Waals surface area contributed by atoms with Crippen LogP contribution in [0.25, 0.3) is 11.0 Å². The van der Waals surface area contributed by atoms with Gasteiger partial charge in [-0.3, -0.25) is 4.31 Å². The summed E-state index contributed by atoms with van der Waals surface area (Å²) >= 11 is 6.15. The Labute approximate surface area is 184 Å². The molecule has 0 aliphatic carbocycles. The average molecular weight is 469 g/mol. The normalized spacial score (nSPS) is 17.1. The Morgan fingerprint density at radius 1 is 1.35 bits per heavy atom. The van der Waals surface area contributed by atoms with Crippen molar-refractivity contribution in [3.05, 3.63) is 41.1 Å². The van der Waals surface area contributed by atoms with Gasteiger partial charge in [0.2, 0.25) is 15.3 Å². The topological polar surface area (TPSA) is 102 Å². The lowest BCUT2D eigenvalue weighted by molar-refractivity contribution is -0.0370. The fraction of sp³-hybridized carbons (Fsp3) is 0.421. The van der Waals surface area contributed by atoms with Gasteiger partial charge in [-0.15, -0.1) is 0 Å². The van der Waals surface area contributed by atoms with Crippen LogP contribution in [-0.2, 0) is 21.3 Å². The van der Waals surface area contributed by atoms with Gasteiger partial charge in [0.25, 0.3) is 0 Å². The van der Waals surface area contributed by atoms with E-state index < -0.39 is 15.8 Å². The molecule has 2 aromatic heterocycles. The first-order chi connectivity index (χ1) is 14.7. The third-order valence-corrected chi connectivity index (χ3v) is 6.54. The molecule has 1 N–H and O–H groups in total. The molecule has 1 aliphatic heterocycles. The predicted molar refractivity (Wildman–Crippen MR) is 116 cm³/mol. The lowest BCUT2D eigenvalue weighted by Gasteiger charge is -2.23. The fourth-order valence-corrected chi connectivity index (χ4v) is 4.22. The highest BCUT2D eigenvalue weighted by Crippen LogP contribution is 2.30. The molecule has 0 saturated carbocycles. The Morgan fingerprint density at radius 2 is 2.16 bits per heavy atom. The smallest absolute Gasteiger partial charge is 0.232 e. The third-order valence-electron chi connectivity index (χ3n) is 5.18. The van der Waals surface area contributed by atoms with Crippen molar-refractivity contribution in [2.45, 2.75) is 32.0 Å². The van der Waals surface area contributed by atoms with Crippen molar-refractivity contribution < 1.29 is 17.5 Å². The molecule has 1 aliphatic rings. The summed E-state index contributed by atoms with van der Waals surface area (Å²) in [6.45, 7) is 0.770. The largest absolute Gasteiger partial charge is 0.365 e. The van der Waals surface area contributed by atoms with Crippen LogP contribution in [0.5, 0.6) is 0 Å². The second kappa shape index (κ2) is 8.56. The van der Waals surface area contributed by atoms with Gasteiger partial charge in [-0.25, -0.2) is 17.5 Å². The molecule has 1 unspecified atom stereocenters. The van der Waals surface area contributed by atoms with E-state index in [1.54, 1.807) is 10.9 Å². The number of hydrogen-bond acceptors (Lipinski definition) is 7. The van der Waals surface area contributed by atoms with Crippen LogP contribution in [0, 0.1) is 5.82 Å². The van der Waals surface area contributed by atoms with Gasteiger partial charge in [0.05, 0.1) is 23.5 Å². The Morgan fingerprint density at radius 3 is 2.87 bits per heavy atom. The first kappa shape index (κ1) is 21.7. The summed E-state index contributed by atoms with van der Waals surface area (Å²) in [5, 5.41) is 8.19. The monoisotopic (exact) mass is 468 g/mol. The zero-order chi connectivity index (χ0) is 22.2. The maximum atomic E-state index is 13.9. The van der Waals surface area contributed by atoms with Crippen molar-refractivity contribution >= 4 is 44.2 Å². The quantitative estimate of drug-likeness (QED) is 0.553. The van der Waals surface area contributed by atoms with Crippen molar-refractivity contribution in [2.24, 2.45) is 0 Å². The van der Waals surface area contributed by atoms with Crippen LogP contribution < -0.4 is 9.62 Å². The number of aromatic nitrogens is 4. The molecule has 0 bridgehead atoms. The summed E-state index contributed by atoms with van der Waals surface area (Å²) < 4.78 is 46.4. The first-order valence-electron chi connectivity index (χ1n) is 9.72. The maximum absolute atomic E-state index is 13.9. The number of halogens is 2. The van der Waals surface area contributed by atoms with Crippen molar-refractivity contribution in [3.8, 4) is 0 Å². The molecule has 3 heterocycles. The van der Waals surface area contributed by atoms with E-state index in [9.17, 15) is 12.8 Å². The summed E-state index contributed by atoms with van der Waals surface area (Å²) in [7, 11) is -2.10. The Kier molecular flexibility index (Phi) is 6.00. The van der Waals surface area contributed by atoms with Crippen LogP contribution in [0.1, 0.15) is 31.1 Å². The van der Waals surface area contributed by atoms with Gasteiger partial charge in [-0.1, -0.05) is 0 Å². The zero-order valence-corrected chi connectivity index (χ0v) is 18.6. The predicted octanol–water partition coefficient (Wildman–Crippen LogP) is 3.33. The molecular formula is C19H22ClFN6O3S. The summed E-state index contributed by atoms with van der Waals surface area (Å²) in [6.07, 6.45) is 5.36. The summed E-state index contributed by atoms with van der Waals surface area (Å²) in [6, 6.07) is 3.92. The third kappa shape index (κ3) is 4.58. The lowest BCUT2D eigenvalue weighted by Crippen LogP contribution is -2.26. The molecule has 9 nitrogen and oxygen atoms in total. The van der Waals surface area contributed by atoms with Gasteiger partial charge in [0.1, 0.15) is 11.6 Å². The number of ether oxygens (including phenoxy) is 1. The number of nitrogens with zero attached hydrogens (tertiary/aromatic N) is 5. The molecule has 0 radical (unpaired) electrons. The minimum atomic E-state index is -3.52. The number of nitrogens with one attached hydrogen (secondary N) is 1. The Hall–Kier alpha value is -2.50. The van der Waals surface area contributed by atoms with Gasteiger partial charge in [0.15, 0.2) is 11.9 Å². The van der Waals surface area contributed by atoms with E-state index in [0.717, 1.165) is 29.8 Å². The molecule has 0 amide bonds. The van der Waals surface area contributed by atoms with Crippen LogP contribution in [0.2, 0.25) is 5.28 Å². The number of sulfonamides is 1. The highest BCUT2D eigenvalue weighted by Gasteiger charge is 2.22. The molecular weight excluding hydrogens is 447 g/mol. The highest BCUT2D eigenvalue weighted by molar-refractivity contribution is 7.92. The maximum Gasteiger partial charge on any atom is 0.232 e. The number of rotatable bonds is 6. The van der Waals surface area contributed by atoms with Gasteiger partial charge >= 0.3 is 0 Å². The van der Waals surface area contributed by atoms with Crippen LogP contribution in [0.4, 0.5) is 15.9 Å². The van der Waals surface area contributed by atoms with Crippen LogP contribution in [0.15, 0.2) is 24.4 Å². The molecule has 1 fully saturated rings. The standard InChI is InChI=1S/C19H22ClFN6O3S/c1-26(31(2,28)29)15-7-6-13(21)9-12(15)10-22-17-14-11-23-27(16-5-3-4-8-30-16)18(14)25-19(20)24-17/h6-7,9,11,16H,3-5,8,10H2,1-2H3,(H,22,24,25). The number of hydrogen-bond donors (Lipinski definition) is 1. The summed E-state index contributed by atoms with van der Waals surface area (Å²) in [5.74, 6) is -0.0649. The van der Waals surface area contributed by atoms with Gasteiger partial charge in [-0.05, 0) is 54.6 Å². The van der Waals surface area contributed by atoms with Crippen molar-refractivity contribution in [3.63, 3.8) is 0 Å². The SMILES string of the molecule is CN(c1ccc(F)cc1CNc1nc(Cl)nc2c1cnn2C1CCCCO1)S(C)(=O)=O. The molecule has 3 aromatic rings. The van der Waals surface area contributed by atoms with E-state index in [1.165, 1.54) is 25.2 Å². The van der Waals surface area contributed by atoms with Crippen LogP contribution in [-0.4, -0.2) is 48.1 Å². The molecule has 4 rings (SSSR count). The van der Waals surface area contributed by atoms with E-state index in [-0.39, 0.29) is 18.1 Å². The van der Waals surface area contributed by atoms with Gasteiger partial charge in [-0.2, -0.15) is 15.1 Å². The second-order valence-electron chi connectivity index (χ2n) is 7.35. The Bertz CT molecular complexity index is 1210. The second-order valence-corrected chi connectivity index (χ2v) is 9.70. The van der Waals surface area contributed by atoms with Gasteiger partial charge in [0, 0.05) is 20.2 Å². The van der Waals surface area contributed by atoms with Crippen molar-refractivity contribution in [1.29, 1.82) is 0 Å². The molecule has 1 atom stereocenters. The highest BCUT2D eigenvalue weighted by atomic mass is 35.5. The average Bonchev–Trinajstić information content (AvgIpc) is 3.15. The van der Waals surface area contributed by atoms with Crippen LogP contribution in [0.3, 0.4) is 0 Å². The number of benzene rings is 1. The fourth-order valence-electron chi connectivity index (χ4n) is 3.52.